The Bertz CT molecular complexity index is 1030. The highest BCUT2D eigenvalue weighted by Crippen LogP contribution is 2.46. The zero-order valence-electron chi connectivity index (χ0n) is 20.5. The van der Waals surface area contributed by atoms with E-state index in [-0.39, 0.29) is 11.5 Å². The molecule has 3 aliphatic heterocycles. The van der Waals surface area contributed by atoms with Crippen molar-refractivity contribution in [3.05, 3.63) is 94.8 Å². The van der Waals surface area contributed by atoms with Gasteiger partial charge in [-0.1, -0.05) is 50.0 Å². The van der Waals surface area contributed by atoms with Gasteiger partial charge < -0.3 is 14.9 Å². The molecule has 1 fully saturated rings. The Kier molecular flexibility index (Phi) is 7.72. The van der Waals surface area contributed by atoms with E-state index in [1.54, 1.807) is 11.8 Å². The fourth-order valence-corrected chi connectivity index (χ4v) is 6.09. The van der Waals surface area contributed by atoms with Gasteiger partial charge in [-0.15, -0.1) is 11.8 Å². The van der Waals surface area contributed by atoms with Crippen LogP contribution in [0.2, 0.25) is 0 Å². The SMILES string of the molecule is C=CC1=CC(C)N=CN(CC2CCCC3(C=C(O)N(C/C4=C/S/C=C\C=C/C4=C)C3)C2)C(C)=C1. The molecule has 3 heterocycles. The molecule has 34 heavy (non-hydrogen) atoms. The van der Waals surface area contributed by atoms with Crippen molar-refractivity contribution in [2.24, 2.45) is 16.3 Å². The van der Waals surface area contributed by atoms with Gasteiger partial charge in [0.1, 0.15) is 0 Å². The molecule has 5 heteroatoms. The van der Waals surface area contributed by atoms with Crippen molar-refractivity contribution in [2.75, 3.05) is 19.6 Å². The molecule has 1 N–H and O–H groups in total. The van der Waals surface area contributed by atoms with Crippen molar-refractivity contribution in [1.29, 1.82) is 0 Å². The predicted molar refractivity (Wildman–Crippen MR) is 146 cm³/mol. The predicted octanol–water partition coefficient (Wildman–Crippen LogP) is 6.88. The van der Waals surface area contributed by atoms with E-state index in [1.165, 1.54) is 18.5 Å². The second-order valence-corrected chi connectivity index (χ2v) is 10.8. The Morgan fingerprint density at radius 1 is 1.35 bits per heavy atom. The molecule has 0 amide bonds. The van der Waals surface area contributed by atoms with Crippen LogP contribution in [0.15, 0.2) is 99.8 Å². The van der Waals surface area contributed by atoms with Gasteiger partial charge in [-0.05, 0) is 78.7 Å². The van der Waals surface area contributed by atoms with Crippen LogP contribution in [-0.4, -0.2) is 46.9 Å². The molecule has 0 aromatic heterocycles. The zero-order valence-corrected chi connectivity index (χ0v) is 21.3. The molecule has 0 aromatic carbocycles. The summed E-state index contributed by atoms with van der Waals surface area (Å²) in [6.45, 7) is 14.9. The summed E-state index contributed by atoms with van der Waals surface area (Å²) in [7, 11) is 0. The van der Waals surface area contributed by atoms with Gasteiger partial charge in [-0.3, -0.25) is 4.99 Å². The molecule has 1 aliphatic carbocycles. The van der Waals surface area contributed by atoms with Crippen LogP contribution in [0.4, 0.5) is 0 Å². The Morgan fingerprint density at radius 3 is 3.03 bits per heavy atom. The molecule has 4 nitrogen and oxygen atoms in total. The summed E-state index contributed by atoms with van der Waals surface area (Å²) in [5.41, 5.74) is 4.53. The highest BCUT2D eigenvalue weighted by atomic mass is 32.2. The van der Waals surface area contributed by atoms with E-state index < -0.39 is 0 Å². The van der Waals surface area contributed by atoms with Crippen molar-refractivity contribution in [3.63, 3.8) is 0 Å². The van der Waals surface area contributed by atoms with Gasteiger partial charge in [0.05, 0.1) is 12.4 Å². The van der Waals surface area contributed by atoms with Gasteiger partial charge in [0.2, 0.25) is 0 Å². The van der Waals surface area contributed by atoms with Crippen LogP contribution in [0.3, 0.4) is 0 Å². The summed E-state index contributed by atoms with van der Waals surface area (Å²) in [5, 5.41) is 15.1. The van der Waals surface area contributed by atoms with Crippen molar-refractivity contribution >= 4 is 18.1 Å². The minimum atomic E-state index is 0.0381. The molecular weight excluding hydrogens is 438 g/mol. The lowest BCUT2D eigenvalue weighted by Gasteiger charge is -2.39. The van der Waals surface area contributed by atoms with Crippen LogP contribution >= 0.6 is 11.8 Å². The van der Waals surface area contributed by atoms with Crippen molar-refractivity contribution in [3.8, 4) is 0 Å². The van der Waals surface area contributed by atoms with Gasteiger partial charge in [0, 0.05) is 30.7 Å². The van der Waals surface area contributed by atoms with Crippen molar-refractivity contribution < 1.29 is 5.11 Å². The fraction of sp³-hybridized carbons (Fsp3) is 0.414. The first kappa shape index (κ1) is 24.5. The number of allylic oxidation sites excluding steroid dienone is 7. The molecule has 4 rings (SSSR count). The largest absolute Gasteiger partial charge is 0.495 e. The van der Waals surface area contributed by atoms with Crippen LogP contribution < -0.4 is 0 Å². The van der Waals surface area contributed by atoms with Crippen LogP contribution in [0.25, 0.3) is 0 Å². The second-order valence-electron chi connectivity index (χ2n) is 9.99. The number of thioether (sulfide) groups is 1. The van der Waals surface area contributed by atoms with Gasteiger partial charge in [-0.25, -0.2) is 0 Å². The molecule has 4 aliphatic rings. The average molecular weight is 476 g/mol. The molecule has 0 saturated heterocycles. The van der Waals surface area contributed by atoms with Crippen LogP contribution in [0.1, 0.15) is 39.5 Å². The van der Waals surface area contributed by atoms with Crippen molar-refractivity contribution in [1.82, 2.24) is 9.80 Å². The van der Waals surface area contributed by atoms with E-state index in [0.717, 1.165) is 42.7 Å². The third kappa shape index (κ3) is 5.87. The minimum Gasteiger partial charge on any atom is -0.495 e. The van der Waals surface area contributed by atoms with Crippen LogP contribution in [0.5, 0.6) is 0 Å². The number of rotatable bonds is 5. The third-order valence-electron chi connectivity index (χ3n) is 7.19. The lowest BCUT2D eigenvalue weighted by molar-refractivity contribution is 0.142. The average Bonchev–Trinajstić information content (AvgIpc) is 3.08. The van der Waals surface area contributed by atoms with E-state index >= 15 is 0 Å². The maximum absolute atomic E-state index is 10.9. The molecule has 3 atom stereocenters. The maximum Gasteiger partial charge on any atom is 0.183 e. The molecule has 1 spiro atoms. The highest BCUT2D eigenvalue weighted by Gasteiger charge is 2.42. The van der Waals surface area contributed by atoms with Gasteiger partial charge in [0.25, 0.3) is 0 Å². The highest BCUT2D eigenvalue weighted by molar-refractivity contribution is 8.04. The fourth-order valence-electron chi connectivity index (χ4n) is 5.44. The van der Waals surface area contributed by atoms with E-state index in [4.69, 9.17) is 4.99 Å². The monoisotopic (exact) mass is 475 g/mol. The van der Waals surface area contributed by atoms with E-state index in [0.29, 0.717) is 18.3 Å². The third-order valence-corrected chi connectivity index (χ3v) is 7.93. The molecule has 0 bridgehead atoms. The van der Waals surface area contributed by atoms with E-state index in [1.807, 2.05) is 30.6 Å². The minimum absolute atomic E-state index is 0.0381. The molecule has 180 valence electrons. The number of aliphatic imine (C=N–C) groups is 1. The topological polar surface area (TPSA) is 39.1 Å². The lowest BCUT2D eigenvalue weighted by atomic mass is 9.70. The summed E-state index contributed by atoms with van der Waals surface area (Å²) < 4.78 is 0. The van der Waals surface area contributed by atoms with E-state index in [9.17, 15) is 5.11 Å². The first-order chi connectivity index (χ1) is 16.4. The molecular formula is C29H37N3OS. The maximum atomic E-state index is 10.9. The quantitative estimate of drug-likeness (QED) is 0.470. The number of aliphatic hydroxyl groups excluding tert-OH is 1. The Labute approximate surface area is 209 Å². The number of nitrogens with zero attached hydrogens (tertiary/aromatic N) is 3. The molecule has 0 radical (unpaired) electrons. The van der Waals surface area contributed by atoms with Gasteiger partial charge in [0.15, 0.2) is 5.88 Å². The number of hydrogen-bond acceptors (Lipinski definition) is 5. The Balaban J connectivity index is 1.44. The van der Waals surface area contributed by atoms with Crippen molar-refractivity contribution in [2.45, 2.75) is 45.6 Å². The molecule has 3 unspecified atom stereocenters. The van der Waals surface area contributed by atoms with Crippen LogP contribution in [-0.2, 0) is 0 Å². The summed E-state index contributed by atoms with van der Waals surface area (Å²) in [6, 6.07) is 0.140. The second kappa shape index (κ2) is 10.7. The standard InChI is InChI=1S/C29H37N3OS/c1-5-25-13-23(3)30-21-32(24(4)14-25)17-26-10-8-11-29(15-26)16-28(33)31(20-29)18-27-19-34-12-7-6-9-22(27)2/h5-7,9,12-14,16,19,21,23,26,33H,1-2,8,10-11,15,17-18,20H2,3-4H3/b9-6-,12-7-,24-14?,25-13?,27-19-,30-21?. The molecule has 0 aromatic rings. The smallest absolute Gasteiger partial charge is 0.183 e. The number of aliphatic hydroxyl groups is 1. The first-order valence-corrected chi connectivity index (χ1v) is 13.2. The molecule has 1 saturated carbocycles. The summed E-state index contributed by atoms with van der Waals surface area (Å²) >= 11 is 1.66. The Hall–Kier alpha value is -2.66. The van der Waals surface area contributed by atoms with Gasteiger partial charge in [-0.2, -0.15) is 0 Å². The Morgan fingerprint density at radius 2 is 2.21 bits per heavy atom. The summed E-state index contributed by atoms with van der Waals surface area (Å²) in [5.74, 6) is 0.970. The zero-order chi connectivity index (χ0) is 24.1. The number of hydrogen-bond donors (Lipinski definition) is 1. The van der Waals surface area contributed by atoms with E-state index in [2.05, 4.69) is 65.8 Å². The summed E-state index contributed by atoms with van der Waals surface area (Å²) in [4.78, 5) is 9.16. The van der Waals surface area contributed by atoms with Crippen LogP contribution in [0, 0.1) is 11.3 Å². The lowest BCUT2D eigenvalue weighted by Crippen LogP contribution is -2.38. The summed E-state index contributed by atoms with van der Waals surface area (Å²) in [6.07, 6.45) is 21.1. The van der Waals surface area contributed by atoms with Gasteiger partial charge >= 0.3 is 0 Å². The first-order valence-electron chi connectivity index (χ1n) is 12.2. The normalized spacial score (nSPS) is 33.1.